The van der Waals surface area contributed by atoms with Gasteiger partial charge in [0.15, 0.2) is 11.5 Å². The average Bonchev–Trinajstić information content (AvgIpc) is 2.27. The maximum absolute atomic E-state index is 9.69. The van der Waals surface area contributed by atoms with Crippen molar-refractivity contribution >= 4 is 11.6 Å². The van der Waals surface area contributed by atoms with Gasteiger partial charge in [-0.3, -0.25) is 0 Å². The van der Waals surface area contributed by atoms with E-state index in [-0.39, 0.29) is 5.75 Å². The largest absolute Gasteiger partial charge is 0.508 e. The Morgan fingerprint density at radius 2 is 1.80 bits per heavy atom. The van der Waals surface area contributed by atoms with Crippen LogP contribution in [-0.4, -0.2) is 25.2 Å². The summed E-state index contributed by atoms with van der Waals surface area (Å²) in [4.78, 5) is 0. The van der Waals surface area contributed by atoms with Crippen LogP contribution in [0.15, 0.2) is 12.1 Å². The summed E-state index contributed by atoms with van der Waals surface area (Å²) < 4.78 is 10.2. The zero-order valence-corrected chi connectivity index (χ0v) is 9.67. The van der Waals surface area contributed by atoms with Crippen molar-refractivity contribution in [2.24, 2.45) is 0 Å². The topological polar surface area (TPSA) is 38.7 Å². The lowest BCUT2D eigenvalue weighted by atomic mass is 10.1. The first kappa shape index (κ1) is 12.0. The third-order valence-electron chi connectivity index (χ3n) is 2.16. The summed E-state index contributed by atoms with van der Waals surface area (Å²) in [6.07, 6.45) is 1.56. The fourth-order valence-corrected chi connectivity index (χ4v) is 1.50. The van der Waals surface area contributed by atoms with Gasteiger partial charge in [0.25, 0.3) is 0 Å². The van der Waals surface area contributed by atoms with Crippen LogP contribution >= 0.6 is 11.6 Å². The number of alkyl halides is 1. The van der Waals surface area contributed by atoms with Crippen molar-refractivity contribution in [2.75, 3.05) is 20.1 Å². The standard InChI is InChI=1S/C11H15ClO3/c1-14-10-6-8(4-3-5-12)9(13)7-11(10)15-2/h6-7,13H,3-5H2,1-2H3. The highest BCUT2D eigenvalue weighted by Gasteiger charge is 2.09. The molecule has 0 radical (unpaired) electrons. The summed E-state index contributed by atoms with van der Waals surface area (Å²) in [5, 5.41) is 9.69. The lowest BCUT2D eigenvalue weighted by molar-refractivity contribution is 0.350. The normalized spacial score (nSPS) is 10.1. The van der Waals surface area contributed by atoms with Crippen molar-refractivity contribution in [2.45, 2.75) is 12.8 Å². The van der Waals surface area contributed by atoms with Crippen LogP contribution in [0, 0.1) is 0 Å². The van der Waals surface area contributed by atoms with E-state index in [0.717, 1.165) is 18.4 Å². The Bertz CT molecular complexity index is 326. The van der Waals surface area contributed by atoms with E-state index in [4.69, 9.17) is 21.1 Å². The smallest absolute Gasteiger partial charge is 0.164 e. The van der Waals surface area contributed by atoms with Crippen LogP contribution in [0.3, 0.4) is 0 Å². The first-order chi connectivity index (χ1) is 7.22. The van der Waals surface area contributed by atoms with Crippen molar-refractivity contribution in [3.8, 4) is 17.2 Å². The van der Waals surface area contributed by atoms with Gasteiger partial charge in [-0.2, -0.15) is 0 Å². The fraction of sp³-hybridized carbons (Fsp3) is 0.455. The molecule has 0 saturated heterocycles. The molecule has 0 aliphatic rings. The van der Waals surface area contributed by atoms with E-state index in [9.17, 15) is 5.11 Å². The number of aryl methyl sites for hydroxylation is 1. The molecule has 0 amide bonds. The minimum Gasteiger partial charge on any atom is -0.508 e. The van der Waals surface area contributed by atoms with Crippen molar-refractivity contribution in [3.63, 3.8) is 0 Å². The van der Waals surface area contributed by atoms with Crippen molar-refractivity contribution in [1.29, 1.82) is 0 Å². The number of hydrogen-bond donors (Lipinski definition) is 1. The Morgan fingerprint density at radius 3 is 2.33 bits per heavy atom. The molecule has 0 heterocycles. The Morgan fingerprint density at radius 1 is 1.20 bits per heavy atom. The van der Waals surface area contributed by atoms with Crippen molar-refractivity contribution in [1.82, 2.24) is 0 Å². The summed E-state index contributed by atoms with van der Waals surface area (Å²) in [7, 11) is 3.11. The number of phenols is 1. The summed E-state index contributed by atoms with van der Waals surface area (Å²) >= 11 is 5.60. The molecule has 0 atom stereocenters. The maximum atomic E-state index is 9.69. The first-order valence-corrected chi connectivity index (χ1v) is 5.26. The van der Waals surface area contributed by atoms with Gasteiger partial charge in [0, 0.05) is 11.9 Å². The van der Waals surface area contributed by atoms with E-state index in [1.165, 1.54) is 7.11 Å². The molecule has 1 rings (SSSR count). The Kier molecular flexibility index (Phi) is 4.56. The van der Waals surface area contributed by atoms with Gasteiger partial charge in [-0.05, 0) is 24.5 Å². The molecule has 0 aliphatic carbocycles. The fourth-order valence-electron chi connectivity index (χ4n) is 1.37. The zero-order valence-electron chi connectivity index (χ0n) is 8.92. The number of ether oxygens (including phenoxy) is 2. The van der Waals surface area contributed by atoms with Gasteiger partial charge < -0.3 is 14.6 Å². The molecule has 0 bridgehead atoms. The van der Waals surface area contributed by atoms with E-state index in [1.807, 2.05) is 0 Å². The number of benzene rings is 1. The minimum absolute atomic E-state index is 0.220. The molecule has 0 fully saturated rings. The molecular weight excluding hydrogens is 216 g/mol. The lowest BCUT2D eigenvalue weighted by Crippen LogP contribution is -1.94. The van der Waals surface area contributed by atoms with Crippen LogP contribution < -0.4 is 9.47 Å². The molecule has 1 aromatic carbocycles. The highest BCUT2D eigenvalue weighted by molar-refractivity contribution is 6.17. The van der Waals surface area contributed by atoms with Gasteiger partial charge in [-0.25, -0.2) is 0 Å². The van der Waals surface area contributed by atoms with E-state index in [1.54, 1.807) is 19.2 Å². The number of hydrogen-bond acceptors (Lipinski definition) is 3. The number of methoxy groups -OCH3 is 2. The van der Waals surface area contributed by atoms with Gasteiger partial charge >= 0.3 is 0 Å². The number of rotatable bonds is 5. The number of halogens is 1. The summed E-state index contributed by atoms with van der Waals surface area (Å²) in [6.45, 7) is 0. The molecule has 0 spiro atoms. The van der Waals surface area contributed by atoms with Crippen LogP contribution in [0.2, 0.25) is 0 Å². The Balaban J connectivity index is 2.97. The maximum Gasteiger partial charge on any atom is 0.164 e. The highest BCUT2D eigenvalue weighted by Crippen LogP contribution is 2.34. The predicted molar refractivity (Wildman–Crippen MR) is 60.3 cm³/mol. The van der Waals surface area contributed by atoms with E-state index >= 15 is 0 Å². The minimum atomic E-state index is 0.220. The molecule has 0 unspecified atom stereocenters. The molecule has 84 valence electrons. The third kappa shape index (κ3) is 2.93. The van der Waals surface area contributed by atoms with Crippen LogP contribution in [0.4, 0.5) is 0 Å². The second-order valence-electron chi connectivity index (χ2n) is 3.13. The van der Waals surface area contributed by atoms with Crippen LogP contribution in [0.25, 0.3) is 0 Å². The molecule has 0 saturated carbocycles. The van der Waals surface area contributed by atoms with Gasteiger partial charge in [0.2, 0.25) is 0 Å². The lowest BCUT2D eigenvalue weighted by Gasteiger charge is -2.11. The molecule has 0 aliphatic heterocycles. The molecule has 4 heteroatoms. The van der Waals surface area contributed by atoms with Crippen LogP contribution in [0.5, 0.6) is 17.2 Å². The van der Waals surface area contributed by atoms with E-state index in [0.29, 0.717) is 17.4 Å². The quantitative estimate of drug-likeness (QED) is 0.791. The SMILES string of the molecule is COc1cc(O)c(CCCCl)cc1OC. The third-order valence-corrected chi connectivity index (χ3v) is 2.43. The van der Waals surface area contributed by atoms with Gasteiger partial charge in [0.1, 0.15) is 5.75 Å². The number of phenolic OH excluding ortho intramolecular Hbond substituents is 1. The molecule has 1 N–H and O–H groups in total. The Labute approximate surface area is 94.6 Å². The number of aromatic hydroxyl groups is 1. The molecule has 15 heavy (non-hydrogen) atoms. The van der Waals surface area contributed by atoms with Gasteiger partial charge in [0.05, 0.1) is 14.2 Å². The van der Waals surface area contributed by atoms with Gasteiger partial charge in [-0.1, -0.05) is 0 Å². The second-order valence-corrected chi connectivity index (χ2v) is 3.51. The Hall–Kier alpha value is -1.09. The summed E-state index contributed by atoms with van der Waals surface area (Å²) in [6, 6.07) is 3.34. The van der Waals surface area contributed by atoms with E-state index in [2.05, 4.69) is 0 Å². The van der Waals surface area contributed by atoms with E-state index < -0.39 is 0 Å². The predicted octanol–water partition coefficient (Wildman–Crippen LogP) is 2.58. The van der Waals surface area contributed by atoms with Crippen molar-refractivity contribution < 1.29 is 14.6 Å². The van der Waals surface area contributed by atoms with Gasteiger partial charge in [-0.15, -0.1) is 11.6 Å². The average molecular weight is 231 g/mol. The monoisotopic (exact) mass is 230 g/mol. The zero-order chi connectivity index (χ0) is 11.3. The highest BCUT2D eigenvalue weighted by atomic mass is 35.5. The molecular formula is C11H15ClO3. The second kappa shape index (κ2) is 5.71. The van der Waals surface area contributed by atoms with Crippen molar-refractivity contribution in [3.05, 3.63) is 17.7 Å². The molecule has 1 aromatic rings. The van der Waals surface area contributed by atoms with Crippen LogP contribution in [0.1, 0.15) is 12.0 Å². The summed E-state index contributed by atoms with van der Waals surface area (Å²) in [5.74, 6) is 1.95. The van der Waals surface area contributed by atoms with Crippen LogP contribution in [-0.2, 0) is 6.42 Å². The molecule has 0 aromatic heterocycles. The molecule has 3 nitrogen and oxygen atoms in total. The summed E-state index contributed by atoms with van der Waals surface area (Å²) in [5.41, 5.74) is 0.827. The first-order valence-electron chi connectivity index (χ1n) is 4.72.